The van der Waals surface area contributed by atoms with Crippen molar-refractivity contribution in [2.45, 2.75) is 24.6 Å². The molecule has 2 aromatic rings. The summed E-state index contributed by atoms with van der Waals surface area (Å²) in [5.41, 5.74) is -3.59. The second-order valence-electron chi connectivity index (χ2n) is 6.91. The van der Waals surface area contributed by atoms with E-state index in [2.05, 4.69) is 0 Å². The molecular weight excluding hydrogens is 419 g/mol. The van der Waals surface area contributed by atoms with E-state index in [9.17, 15) is 37.5 Å². The van der Waals surface area contributed by atoms with E-state index in [1.165, 1.54) is 30.3 Å². The van der Waals surface area contributed by atoms with Gasteiger partial charge in [0.1, 0.15) is 0 Å². The third kappa shape index (κ3) is 3.76. The molecule has 0 saturated carbocycles. The Morgan fingerprint density at radius 2 is 1.77 bits per heavy atom. The number of alkyl halides is 3. The van der Waals surface area contributed by atoms with Crippen molar-refractivity contribution in [3.63, 3.8) is 0 Å². The van der Waals surface area contributed by atoms with Crippen molar-refractivity contribution < 1.29 is 42.2 Å². The molecule has 1 aliphatic rings. The summed E-state index contributed by atoms with van der Waals surface area (Å²) >= 11 is 0. The number of rotatable bonds is 5. The van der Waals surface area contributed by atoms with Crippen LogP contribution in [-0.2, 0) is 37.3 Å². The molecule has 0 fully saturated rings. The van der Waals surface area contributed by atoms with Crippen molar-refractivity contribution in [1.29, 1.82) is 0 Å². The summed E-state index contributed by atoms with van der Waals surface area (Å²) in [6, 6.07) is 9.50. The number of methoxy groups -OCH3 is 1. The van der Waals surface area contributed by atoms with E-state index in [0.29, 0.717) is 4.90 Å². The van der Waals surface area contributed by atoms with Gasteiger partial charge in [0.05, 0.1) is 25.6 Å². The molecule has 0 saturated heterocycles. The molecule has 3 rings (SSSR count). The smallest absolute Gasteiger partial charge is 0.416 e. The number of hydrogen-bond acceptors (Lipinski definition) is 5. The first kappa shape index (κ1) is 22.0. The maximum absolute atomic E-state index is 13.4. The van der Waals surface area contributed by atoms with Gasteiger partial charge in [-0.15, -0.1) is 0 Å². The van der Waals surface area contributed by atoms with Gasteiger partial charge < -0.3 is 9.84 Å². The molecule has 0 aromatic heterocycles. The maximum Gasteiger partial charge on any atom is 0.416 e. The number of carboxylic acids is 1. The summed E-state index contributed by atoms with van der Waals surface area (Å²) in [5, 5.41) is 9.40. The van der Waals surface area contributed by atoms with Crippen LogP contribution in [0.3, 0.4) is 0 Å². The van der Waals surface area contributed by atoms with Gasteiger partial charge in [0.2, 0.25) is 0 Å². The first-order chi connectivity index (χ1) is 14.5. The number of nitrogens with zero attached hydrogens (tertiary/aromatic N) is 1. The van der Waals surface area contributed by atoms with Gasteiger partial charge in [-0.2, -0.15) is 13.2 Å². The molecule has 0 aliphatic carbocycles. The number of esters is 1. The van der Waals surface area contributed by atoms with Crippen molar-refractivity contribution in [3.05, 3.63) is 70.8 Å². The van der Waals surface area contributed by atoms with Gasteiger partial charge in [0, 0.05) is 5.56 Å². The number of carbonyl (C=O) groups is 4. The zero-order chi connectivity index (χ0) is 23.0. The standard InChI is InChI=1S/C21H16F3NO6/c1-31-19(30)20(10-16(26)27)15-8-3-2-7-14(15)17(28)25(18(20)29)11-12-5-4-6-13(9-12)21(22,23)24/h2-9H,10-11H2,1H3,(H,26,27). The number of hydrogen-bond donors (Lipinski definition) is 1. The summed E-state index contributed by atoms with van der Waals surface area (Å²) in [4.78, 5) is 51.2. The molecule has 1 unspecified atom stereocenters. The molecule has 31 heavy (non-hydrogen) atoms. The second-order valence-corrected chi connectivity index (χ2v) is 6.91. The normalized spacial score (nSPS) is 18.5. The van der Waals surface area contributed by atoms with Crippen LogP contribution in [-0.4, -0.2) is 40.9 Å². The lowest BCUT2D eigenvalue weighted by atomic mass is 9.71. The summed E-state index contributed by atoms with van der Waals surface area (Å²) < 4.78 is 43.8. The molecule has 2 amide bonds. The molecule has 2 aromatic carbocycles. The minimum absolute atomic E-state index is 0.0232. The van der Waals surface area contributed by atoms with Crippen LogP contribution >= 0.6 is 0 Å². The number of benzene rings is 2. The Kier molecular flexibility index (Phi) is 5.58. The van der Waals surface area contributed by atoms with E-state index in [4.69, 9.17) is 4.74 Å². The Bertz CT molecular complexity index is 1080. The van der Waals surface area contributed by atoms with Gasteiger partial charge in [-0.3, -0.25) is 24.1 Å². The monoisotopic (exact) mass is 435 g/mol. The highest BCUT2D eigenvalue weighted by Crippen LogP contribution is 2.40. The van der Waals surface area contributed by atoms with E-state index in [1.807, 2.05) is 0 Å². The fourth-order valence-corrected chi connectivity index (χ4v) is 3.64. The van der Waals surface area contributed by atoms with Crippen LogP contribution in [0.2, 0.25) is 0 Å². The molecule has 0 radical (unpaired) electrons. The van der Waals surface area contributed by atoms with E-state index < -0.39 is 53.9 Å². The summed E-state index contributed by atoms with van der Waals surface area (Å²) in [7, 11) is 0.968. The average Bonchev–Trinajstić information content (AvgIpc) is 2.73. The summed E-state index contributed by atoms with van der Waals surface area (Å²) in [5.74, 6) is -4.72. The largest absolute Gasteiger partial charge is 0.481 e. The molecule has 7 nitrogen and oxygen atoms in total. The van der Waals surface area contributed by atoms with E-state index >= 15 is 0 Å². The van der Waals surface area contributed by atoms with Crippen molar-refractivity contribution >= 4 is 23.8 Å². The van der Waals surface area contributed by atoms with E-state index in [0.717, 1.165) is 25.3 Å². The summed E-state index contributed by atoms with van der Waals surface area (Å²) in [6.45, 7) is -0.589. The van der Waals surface area contributed by atoms with Crippen LogP contribution in [0, 0.1) is 0 Å². The molecular formula is C21H16F3NO6. The number of fused-ring (bicyclic) bond motifs is 1. The number of carboxylic acid groups (broad SMARTS) is 1. The Hall–Kier alpha value is -3.69. The average molecular weight is 435 g/mol. The lowest BCUT2D eigenvalue weighted by molar-refractivity contribution is -0.161. The first-order valence-corrected chi connectivity index (χ1v) is 8.94. The van der Waals surface area contributed by atoms with Crippen LogP contribution in [0.25, 0.3) is 0 Å². The predicted octanol–water partition coefficient (Wildman–Crippen LogP) is 2.77. The lowest BCUT2D eigenvalue weighted by Gasteiger charge is -2.39. The quantitative estimate of drug-likeness (QED) is 0.440. The number of imide groups is 1. The second kappa shape index (κ2) is 7.86. The molecule has 1 atom stereocenters. The van der Waals surface area contributed by atoms with E-state index in [1.54, 1.807) is 0 Å². The first-order valence-electron chi connectivity index (χ1n) is 8.94. The van der Waals surface area contributed by atoms with Gasteiger partial charge in [-0.25, -0.2) is 0 Å². The van der Waals surface area contributed by atoms with Crippen molar-refractivity contribution in [2.75, 3.05) is 7.11 Å². The van der Waals surface area contributed by atoms with E-state index in [-0.39, 0.29) is 16.7 Å². The van der Waals surface area contributed by atoms with Gasteiger partial charge in [0.25, 0.3) is 11.8 Å². The van der Waals surface area contributed by atoms with Crippen molar-refractivity contribution in [3.8, 4) is 0 Å². The number of carbonyl (C=O) groups excluding carboxylic acids is 3. The minimum Gasteiger partial charge on any atom is -0.481 e. The lowest BCUT2D eigenvalue weighted by Crippen LogP contribution is -2.58. The van der Waals surface area contributed by atoms with Crippen molar-refractivity contribution in [2.24, 2.45) is 0 Å². The van der Waals surface area contributed by atoms with Crippen LogP contribution in [0.5, 0.6) is 0 Å². The Morgan fingerprint density at radius 3 is 2.39 bits per heavy atom. The van der Waals surface area contributed by atoms with Crippen molar-refractivity contribution in [1.82, 2.24) is 4.90 Å². The van der Waals surface area contributed by atoms with Gasteiger partial charge in [-0.1, -0.05) is 30.3 Å². The molecule has 1 aliphatic heterocycles. The highest BCUT2D eigenvalue weighted by Gasteiger charge is 2.58. The topological polar surface area (TPSA) is 101 Å². The fourth-order valence-electron chi connectivity index (χ4n) is 3.64. The zero-order valence-corrected chi connectivity index (χ0v) is 16.1. The molecule has 0 spiro atoms. The number of ether oxygens (including phenoxy) is 1. The van der Waals surface area contributed by atoms with Crippen LogP contribution in [0.4, 0.5) is 13.2 Å². The van der Waals surface area contributed by atoms with Gasteiger partial charge in [-0.05, 0) is 29.3 Å². The number of aliphatic carboxylic acids is 1. The number of amides is 2. The highest BCUT2D eigenvalue weighted by molar-refractivity contribution is 6.22. The predicted molar refractivity (Wildman–Crippen MR) is 98.7 cm³/mol. The van der Waals surface area contributed by atoms with Crippen LogP contribution < -0.4 is 0 Å². The summed E-state index contributed by atoms with van der Waals surface area (Å²) in [6.07, 6.45) is -5.64. The van der Waals surface area contributed by atoms with Gasteiger partial charge >= 0.3 is 18.1 Å². The Balaban J connectivity index is 2.16. The van der Waals surface area contributed by atoms with Gasteiger partial charge in [0.15, 0.2) is 5.41 Å². The number of halogens is 3. The van der Waals surface area contributed by atoms with Crippen LogP contribution in [0.1, 0.15) is 33.5 Å². The molecule has 10 heteroatoms. The third-order valence-electron chi connectivity index (χ3n) is 5.02. The maximum atomic E-state index is 13.4. The Morgan fingerprint density at radius 1 is 1.10 bits per heavy atom. The molecule has 0 bridgehead atoms. The highest BCUT2D eigenvalue weighted by atomic mass is 19.4. The Labute approximate surface area is 174 Å². The molecule has 1 N–H and O–H groups in total. The van der Waals surface area contributed by atoms with Crippen LogP contribution in [0.15, 0.2) is 48.5 Å². The fraction of sp³-hybridized carbons (Fsp3) is 0.238. The third-order valence-corrected chi connectivity index (χ3v) is 5.02. The molecule has 162 valence electrons. The minimum atomic E-state index is -4.64. The SMILES string of the molecule is COC(=O)C1(CC(=O)O)C(=O)N(Cc2cccc(C(F)(F)F)c2)C(=O)c2ccccc21. The molecule has 1 heterocycles. The zero-order valence-electron chi connectivity index (χ0n) is 16.1.